The molecule has 1 aromatic heterocycles. The molecule has 1 amide bonds. The van der Waals surface area contributed by atoms with Gasteiger partial charge in [0.1, 0.15) is 5.69 Å². The van der Waals surface area contributed by atoms with Gasteiger partial charge in [0.25, 0.3) is 5.91 Å². The Bertz CT molecular complexity index is 464. The summed E-state index contributed by atoms with van der Waals surface area (Å²) in [7, 11) is 0. The first-order valence-corrected chi connectivity index (χ1v) is 7.06. The molecular formula is C14H21N3O3. The number of nitrogens with one attached hydrogen (secondary N) is 2. The Labute approximate surface area is 118 Å². The van der Waals surface area contributed by atoms with Crippen LogP contribution in [0.25, 0.3) is 0 Å². The molecule has 1 aliphatic rings. The maximum Gasteiger partial charge on any atom is 0.303 e. The van der Waals surface area contributed by atoms with Gasteiger partial charge < -0.3 is 20.3 Å². The molecule has 20 heavy (non-hydrogen) atoms. The number of aliphatic carboxylic acids is 1. The number of hydrogen-bond acceptors (Lipinski definition) is 3. The second-order valence-electron chi connectivity index (χ2n) is 5.04. The van der Waals surface area contributed by atoms with E-state index in [1.54, 1.807) is 0 Å². The van der Waals surface area contributed by atoms with Crippen LogP contribution in [0.4, 0.5) is 0 Å². The highest BCUT2D eigenvalue weighted by Crippen LogP contribution is 2.21. The Morgan fingerprint density at radius 2 is 2.15 bits per heavy atom. The van der Waals surface area contributed by atoms with Crippen molar-refractivity contribution in [2.45, 2.75) is 31.7 Å². The summed E-state index contributed by atoms with van der Waals surface area (Å²) in [6, 6.07) is 4.06. The van der Waals surface area contributed by atoms with E-state index in [9.17, 15) is 9.59 Å². The monoisotopic (exact) mass is 279 g/mol. The molecule has 6 heteroatoms. The van der Waals surface area contributed by atoms with Gasteiger partial charge in [-0.2, -0.15) is 0 Å². The molecule has 0 aromatic carbocycles. The normalized spacial score (nSPS) is 16.0. The highest BCUT2D eigenvalue weighted by molar-refractivity contribution is 5.92. The highest BCUT2D eigenvalue weighted by atomic mass is 16.4. The third kappa shape index (κ3) is 3.84. The van der Waals surface area contributed by atoms with Crippen LogP contribution in [0.15, 0.2) is 18.3 Å². The van der Waals surface area contributed by atoms with Crippen LogP contribution < -0.4 is 10.6 Å². The molecule has 0 saturated carbocycles. The molecule has 0 radical (unpaired) electrons. The number of carbonyl (C=O) groups excluding carboxylic acids is 1. The van der Waals surface area contributed by atoms with Crippen molar-refractivity contribution in [2.75, 3.05) is 19.6 Å². The Balaban J connectivity index is 1.89. The molecular weight excluding hydrogens is 258 g/mol. The van der Waals surface area contributed by atoms with Crippen molar-refractivity contribution in [1.82, 2.24) is 15.2 Å². The zero-order valence-corrected chi connectivity index (χ0v) is 11.5. The van der Waals surface area contributed by atoms with Gasteiger partial charge in [0.15, 0.2) is 0 Å². The molecule has 0 aliphatic carbocycles. The third-order valence-corrected chi connectivity index (χ3v) is 3.57. The van der Waals surface area contributed by atoms with E-state index in [2.05, 4.69) is 10.6 Å². The van der Waals surface area contributed by atoms with Gasteiger partial charge in [-0.15, -0.1) is 0 Å². The van der Waals surface area contributed by atoms with Crippen LogP contribution in [0, 0.1) is 0 Å². The minimum atomic E-state index is -0.836. The first-order valence-electron chi connectivity index (χ1n) is 7.06. The number of carboxylic acids is 1. The van der Waals surface area contributed by atoms with Crippen LogP contribution in [0.1, 0.15) is 42.2 Å². The van der Waals surface area contributed by atoms with Crippen molar-refractivity contribution in [2.24, 2.45) is 0 Å². The largest absolute Gasteiger partial charge is 0.481 e. The van der Waals surface area contributed by atoms with E-state index < -0.39 is 5.97 Å². The van der Waals surface area contributed by atoms with Crippen LogP contribution in [-0.2, 0) is 4.79 Å². The molecule has 1 aromatic rings. The van der Waals surface area contributed by atoms with Crippen LogP contribution in [0.2, 0.25) is 0 Å². The molecule has 110 valence electrons. The second kappa shape index (κ2) is 7.09. The first-order chi connectivity index (χ1) is 9.68. The average molecular weight is 279 g/mol. The van der Waals surface area contributed by atoms with Gasteiger partial charge in [-0.05, 0) is 44.5 Å². The Kier molecular flexibility index (Phi) is 5.17. The minimum Gasteiger partial charge on any atom is -0.481 e. The van der Waals surface area contributed by atoms with Gasteiger partial charge in [-0.3, -0.25) is 9.59 Å². The van der Waals surface area contributed by atoms with Crippen LogP contribution >= 0.6 is 0 Å². The lowest BCUT2D eigenvalue weighted by Gasteiger charge is -2.25. The number of hydrogen-bond donors (Lipinski definition) is 3. The van der Waals surface area contributed by atoms with E-state index in [1.807, 2.05) is 22.9 Å². The SMILES string of the molecule is O=C(O)CCCNC(=O)c1cccn1C1CCNCC1. The lowest BCUT2D eigenvalue weighted by Crippen LogP contribution is -2.32. The number of aromatic nitrogens is 1. The Morgan fingerprint density at radius 1 is 1.40 bits per heavy atom. The van der Waals surface area contributed by atoms with E-state index in [-0.39, 0.29) is 12.3 Å². The topological polar surface area (TPSA) is 83.4 Å². The number of piperidine rings is 1. The fourth-order valence-corrected chi connectivity index (χ4v) is 2.52. The molecule has 0 atom stereocenters. The summed E-state index contributed by atoms with van der Waals surface area (Å²) in [6.45, 7) is 2.34. The summed E-state index contributed by atoms with van der Waals surface area (Å²) in [6.07, 6.45) is 4.52. The third-order valence-electron chi connectivity index (χ3n) is 3.57. The van der Waals surface area contributed by atoms with Crippen molar-refractivity contribution < 1.29 is 14.7 Å². The first kappa shape index (κ1) is 14.6. The Hall–Kier alpha value is -1.82. The van der Waals surface area contributed by atoms with Crippen molar-refractivity contribution >= 4 is 11.9 Å². The van der Waals surface area contributed by atoms with Crippen molar-refractivity contribution in [3.63, 3.8) is 0 Å². The fraction of sp³-hybridized carbons (Fsp3) is 0.571. The van der Waals surface area contributed by atoms with E-state index >= 15 is 0 Å². The van der Waals surface area contributed by atoms with Gasteiger partial charge in [-0.1, -0.05) is 0 Å². The van der Waals surface area contributed by atoms with Gasteiger partial charge in [0.05, 0.1) is 0 Å². The van der Waals surface area contributed by atoms with E-state index in [0.29, 0.717) is 24.7 Å². The molecule has 1 aliphatic heterocycles. The molecule has 6 nitrogen and oxygen atoms in total. The van der Waals surface area contributed by atoms with Gasteiger partial charge in [0.2, 0.25) is 0 Å². The molecule has 1 saturated heterocycles. The molecule has 2 rings (SSSR count). The summed E-state index contributed by atoms with van der Waals surface area (Å²) < 4.78 is 2.04. The van der Waals surface area contributed by atoms with E-state index in [0.717, 1.165) is 25.9 Å². The smallest absolute Gasteiger partial charge is 0.303 e. The molecule has 2 heterocycles. The predicted molar refractivity (Wildman–Crippen MR) is 74.8 cm³/mol. The molecule has 0 bridgehead atoms. The maximum atomic E-state index is 12.1. The number of nitrogens with zero attached hydrogens (tertiary/aromatic N) is 1. The lowest BCUT2D eigenvalue weighted by molar-refractivity contribution is -0.137. The number of rotatable bonds is 6. The van der Waals surface area contributed by atoms with Crippen molar-refractivity contribution in [1.29, 1.82) is 0 Å². The highest BCUT2D eigenvalue weighted by Gasteiger charge is 2.19. The molecule has 1 fully saturated rings. The summed E-state index contributed by atoms with van der Waals surface area (Å²) >= 11 is 0. The molecule has 3 N–H and O–H groups in total. The van der Waals surface area contributed by atoms with Gasteiger partial charge in [0, 0.05) is 25.2 Å². The van der Waals surface area contributed by atoms with Gasteiger partial charge >= 0.3 is 5.97 Å². The van der Waals surface area contributed by atoms with Gasteiger partial charge in [-0.25, -0.2) is 0 Å². The van der Waals surface area contributed by atoms with E-state index in [1.165, 1.54) is 0 Å². The number of amides is 1. The number of carboxylic acid groups (broad SMARTS) is 1. The lowest BCUT2D eigenvalue weighted by atomic mass is 10.1. The van der Waals surface area contributed by atoms with Crippen molar-refractivity contribution in [3.05, 3.63) is 24.0 Å². The average Bonchev–Trinajstić information content (AvgIpc) is 2.93. The Morgan fingerprint density at radius 3 is 2.85 bits per heavy atom. The minimum absolute atomic E-state index is 0.0790. The maximum absolute atomic E-state index is 12.1. The second-order valence-corrected chi connectivity index (χ2v) is 5.04. The summed E-state index contributed by atoms with van der Waals surface area (Å²) in [5, 5.41) is 14.6. The standard InChI is InChI=1S/C14H21N3O3/c18-13(19)4-1-7-16-14(20)12-3-2-10-17(12)11-5-8-15-9-6-11/h2-3,10-11,15H,1,4-9H2,(H,16,20)(H,18,19). The number of carbonyl (C=O) groups is 2. The zero-order chi connectivity index (χ0) is 14.4. The zero-order valence-electron chi connectivity index (χ0n) is 11.5. The van der Waals surface area contributed by atoms with Crippen molar-refractivity contribution in [3.8, 4) is 0 Å². The quantitative estimate of drug-likeness (QED) is 0.679. The van der Waals surface area contributed by atoms with Crippen LogP contribution in [-0.4, -0.2) is 41.2 Å². The molecule has 0 spiro atoms. The van der Waals surface area contributed by atoms with E-state index in [4.69, 9.17) is 5.11 Å². The summed E-state index contributed by atoms with van der Waals surface area (Å²) in [5.74, 6) is -0.962. The summed E-state index contributed by atoms with van der Waals surface area (Å²) in [4.78, 5) is 22.5. The van der Waals surface area contributed by atoms with Crippen LogP contribution in [0.5, 0.6) is 0 Å². The van der Waals surface area contributed by atoms with Crippen LogP contribution in [0.3, 0.4) is 0 Å². The molecule has 0 unspecified atom stereocenters. The summed E-state index contributed by atoms with van der Waals surface area (Å²) in [5.41, 5.74) is 0.659. The fourth-order valence-electron chi connectivity index (χ4n) is 2.52. The predicted octanol–water partition coefficient (Wildman–Crippen LogP) is 1.01.